The smallest absolute Gasteiger partial charge is 0.251 e. The minimum absolute atomic E-state index is 0.0547. The molecule has 2 N–H and O–H groups in total. The van der Waals surface area contributed by atoms with Gasteiger partial charge in [-0.3, -0.25) is 19.3 Å². The number of hydrogen-bond acceptors (Lipinski definition) is 5. The van der Waals surface area contributed by atoms with Gasteiger partial charge in [-0.1, -0.05) is 45.4 Å². The number of aryl methyl sites for hydroxylation is 1. The summed E-state index contributed by atoms with van der Waals surface area (Å²) in [6, 6.07) is 7.10. The lowest BCUT2D eigenvalue weighted by atomic mass is 9.79. The molecule has 2 aromatic rings. The van der Waals surface area contributed by atoms with Crippen LogP contribution in [0.3, 0.4) is 0 Å². The van der Waals surface area contributed by atoms with Crippen molar-refractivity contribution >= 4 is 17.7 Å². The van der Waals surface area contributed by atoms with E-state index in [4.69, 9.17) is 5.10 Å². The van der Waals surface area contributed by atoms with Gasteiger partial charge in [-0.05, 0) is 69.7 Å². The topological polar surface area (TPSA) is 99.6 Å². The second kappa shape index (κ2) is 13.0. The Bertz CT molecular complexity index is 1270. The van der Waals surface area contributed by atoms with Gasteiger partial charge in [-0.15, -0.1) is 0 Å². The number of unbranched alkanes of at least 4 members (excludes halogenated alkanes) is 1. The van der Waals surface area contributed by atoms with Gasteiger partial charge >= 0.3 is 0 Å². The molecule has 0 bridgehead atoms. The van der Waals surface area contributed by atoms with Crippen LogP contribution < -0.4 is 10.6 Å². The van der Waals surface area contributed by atoms with Crippen molar-refractivity contribution in [2.75, 3.05) is 26.7 Å². The van der Waals surface area contributed by atoms with E-state index in [2.05, 4.69) is 29.4 Å². The molecule has 3 amide bonds. The third kappa shape index (κ3) is 5.98. The summed E-state index contributed by atoms with van der Waals surface area (Å²) in [4.78, 5) is 44.0. The molecule has 1 aliphatic carbocycles. The first-order valence-corrected chi connectivity index (χ1v) is 16.0. The molecular formula is C33H48N6O3. The van der Waals surface area contributed by atoms with Gasteiger partial charge in [0.05, 0.1) is 11.4 Å². The zero-order chi connectivity index (χ0) is 29.9. The highest BCUT2D eigenvalue weighted by Gasteiger charge is 2.53. The van der Waals surface area contributed by atoms with E-state index >= 15 is 0 Å². The molecule has 9 heteroatoms. The van der Waals surface area contributed by atoms with E-state index < -0.39 is 5.54 Å². The lowest BCUT2D eigenvalue weighted by molar-refractivity contribution is -0.162. The van der Waals surface area contributed by atoms with Crippen molar-refractivity contribution in [2.24, 2.45) is 5.92 Å². The minimum Gasteiger partial charge on any atom is -0.355 e. The van der Waals surface area contributed by atoms with Crippen LogP contribution >= 0.6 is 0 Å². The Morgan fingerprint density at radius 2 is 1.76 bits per heavy atom. The number of nitrogens with one attached hydrogen (secondary N) is 2. The van der Waals surface area contributed by atoms with E-state index in [1.54, 1.807) is 7.05 Å². The predicted molar refractivity (Wildman–Crippen MR) is 163 cm³/mol. The summed E-state index contributed by atoms with van der Waals surface area (Å²) in [5.74, 6) is 0.620. The second-order valence-corrected chi connectivity index (χ2v) is 12.6. The molecule has 2 saturated heterocycles. The van der Waals surface area contributed by atoms with Crippen LogP contribution in [0.1, 0.15) is 98.4 Å². The molecule has 228 valence electrons. The van der Waals surface area contributed by atoms with E-state index in [1.807, 2.05) is 40.8 Å². The van der Waals surface area contributed by atoms with Crippen LogP contribution in [-0.4, -0.2) is 75.6 Å². The fourth-order valence-corrected chi connectivity index (χ4v) is 7.29. The van der Waals surface area contributed by atoms with Crippen molar-refractivity contribution < 1.29 is 14.4 Å². The van der Waals surface area contributed by atoms with Crippen LogP contribution in [0.5, 0.6) is 0 Å². The first-order chi connectivity index (χ1) is 20.3. The molecule has 1 aromatic carbocycles. The van der Waals surface area contributed by atoms with Crippen molar-refractivity contribution in [1.82, 2.24) is 30.2 Å². The summed E-state index contributed by atoms with van der Waals surface area (Å²) < 4.78 is 1.94. The average molecular weight is 577 g/mol. The van der Waals surface area contributed by atoms with Crippen LogP contribution in [0.4, 0.5) is 0 Å². The van der Waals surface area contributed by atoms with Crippen LogP contribution in [0, 0.1) is 19.8 Å². The summed E-state index contributed by atoms with van der Waals surface area (Å²) >= 11 is 0. The van der Waals surface area contributed by atoms with Crippen LogP contribution in [0.25, 0.3) is 5.69 Å². The Hall–Kier alpha value is -3.20. The van der Waals surface area contributed by atoms with Gasteiger partial charge in [0, 0.05) is 50.0 Å². The number of carbonyl (C=O) groups is 3. The third-order valence-corrected chi connectivity index (χ3v) is 9.95. The SMILES string of the molecule is CCCCN1C(=O)[C@H](CC2CCCCC2)NC(=O)C12CCN(Cc1c(C)nn(-c3ccc(C(=O)NC)cc3)c1C)CC2. The van der Waals surface area contributed by atoms with Gasteiger partial charge in [0.15, 0.2) is 0 Å². The number of benzene rings is 1. The van der Waals surface area contributed by atoms with Crippen molar-refractivity contribution in [3.05, 3.63) is 46.8 Å². The molecule has 3 heterocycles. The molecular weight excluding hydrogens is 528 g/mol. The number of amides is 3. The minimum atomic E-state index is -0.743. The molecule has 9 nitrogen and oxygen atoms in total. The number of carbonyl (C=O) groups excluding carboxylic acids is 3. The van der Waals surface area contributed by atoms with Crippen molar-refractivity contribution in [3.8, 4) is 5.69 Å². The number of rotatable bonds is 9. The van der Waals surface area contributed by atoms with Gasteiger partial charge in [0.25, 0.3) is 5.91 Å². The number of nitrogens with zero attached hydrogens (tertiary/aromatic N) is 4. The lowest BCUT2D eigenvalue weighted by Crippen LogP contribution is -2.73. The standard InChI is InChI=1S/C33H48N6O3/c1-5-6-18-38-31(41)29(21-25-10-8-7-9-11-25)35-32(42)33(38)16-19-37(20-17-33)22-28-23(2)36-39(24(28)3)27-14-12-26(13-15-27)30(40)34-4/h12-15,25,29H,5-11,16-22H2,1-4H3,(H,34,40)(H,35,42)/t29-/m0/s1. The van der Waals surface area contributed by atoms with Gasteiger partial charge in [-0.2, -0.15) is 5.10 Å². The highest BCUT2D eigenvalue weighted by atomic mass is 16.2. The summed E-state index contributed by atoms with van der Waals surface area (Å²) in [7, 11) is 1.63. The summed E-state index contributed by atoms with van der Waals surface area (Å²) in [5, 5.41) is 10.7. The number of likely N-dealkylation sites (tertiary alicyclic amines) is 1. The maximum atomic E-state index is 13.9. The van der Waals surface area contributed by atoms with Crippen molar-refractivity contribution in [2.45, 2.75) is 103 Å². The molecule has 3 aliphatic rings. The quantitative estimate of drug-likeness (QED) is 0.464. The number of aromatic nitrogens is 2. The number of piperidine rings is 1. The van der Waals surface area contributed by atoms with Gasteiger partial charge < -0.3 is 15.5 Å². The largest absolute Gasteiger partial charge is 0.355 e. The van der Waals surface area contributed by atoms with E-state index in [-0.39, 0.29) is 23.8 Å². The van der Waals surface area contributed by atoms with Crippen molar-refractivity contribution in [1.29, 1.82) is 0 Å². The molecule has 42 heavy (non-hydrogen) atoms. The number of hydrogen-bond donors (Lipinski definition) is 2. The Balaban J connectivity index is 1.27. The summed E-state index contributed by atoms with van der Waals surface area (Å²) in [6.07, 6.45) is 10.1. The number of piperazine rings is 1. The summed E-state index contributed by atoms with van der Waals surface area (Å²) in [6.45, 7) is 9.18. The fourth-order valence-electron chi connectivity index (χ4n) is 7.29. The molecule has 1 aromatic heterocycles. The molecule has 0 unspecified atom stereocenters. The Kier molecular flexibility index (Phi) is 9.35. The Labute approximate surface area is 250 Å². The highest BCUT2D eigenvalue weighted by molar-refractivity contribution is 6.00. The van der Waals surface area contributed by atoms with E-state index in [9.17, 15) is 14.4 Å². The molecule has 1 spiro atoms. The van der Waals surface area contributed by atoms with Crippen LogP contribution in [-0.2, 0) is 16.1 Å². The van der Waals surface area contributed by atoms with E-state index in [0.717, 1.165) is 56.0 Å². The van der Waals surface area contributed by atoms with Gasteiger partial charge in [-0.25, -0.2) is 4.68 Å². The zero-order valence-corrected chi connectivity index (χ0v) is 25.9. The molecule has 5 rings (SSSR count). The maximum absolute atomic E-state index is 13.9. The van der Waals surface area contributed by atoms with E-state index in [0.29, 0.717) is 30.9 Å². The summed E-state index contributed by atoms with van der Waals surface area (Å²) in [5.41, 5.74) is 4.01. The second-order valence-electron chi connectivity index (χ2n) is 12.6. The molecule has 1 saturated carbocycles. The predicted octanol–water partition coefficient (Wildman–Crippen LogP) is 4.28. The third-order valence-electron chi connectivity index (χ3n) is 9.95. The fraction of sp³-hybridized carbons (Fsp3) is 0.636. The normalized spacial score (nSPS) is 21.5. The van der Waals surface area contributed by atoms with Crippen molar-refractivity contribution in [3.63, 3.8) is 0 Å². The Morgan fingerprint density at radius 3 is 2.40 bits per heavy atom. The lowest BCUT2D eigenvalue weighted by Gasteiger charge is -2.52. The first kappa shape index (κ1) is 30.3. The highest BCUT2D eigenvalue weighted by Crippen LogP contribution is 2.36. The Morgan fingerprint density at radius 1 is 1.07 bits per heavy atom. The maximum Gasteiger partial charge on any atom is 0.251 e. The van der Waals surface area contributed by atoms with Crippen LogP contribution in [0.15, 0.2) is 24.3 Å². The molecule has 2 aliphatic heterocycles. The van der Waals surface area contributed by atoms with Gasteiger partial charge in [0.2, 0.25) is 11.8 Å². The monoisotopic (exact) mass is 576 g/mol. The average Bonchev–Trinajstić information content (AvgIpc) is 3.29. The zero-order valence-electron chi connectivity index (χ0n) is 25.9. The molecule has 3 fully saturated rings. The van der Waals surface area contributed by atoms with E-state index in [1.165, 1.54) is 37.7 Å². The van der Waals surface area contributed by atoms with Gasteiger partial charge in [0.1, 0.15) is 11.6 Å². The molecule has 0 radical (unpaired) electrons. The molecule has 1 atom stereocenters. The first-order valence-electron chi connectivity index (χ1n) is 16.0. The van der Waals surface area contributed by atoms with Crippen LogP contribution in [0.2, 0.25) is 0 Å².